The molecule has 12 aromatic rings. The van der Waals surface area contributed by atoms with Crippen LogP contribution in [0.3, 0.4) is 0 Å². The summed E-state index contributed by atoms with van der Waals surface area (Å²) in [6.07, 6.45) is 10.9. The van der Waals surface area contributed by atoms with Gasteiger partial charge in [-0.2, -0.15) is 0 Å². The minimum absolute atomic E-state index is 0.224. The van der Waals surface area contributed by atoms with E-state index < -0.39 is 0 Å². The third kappa shape index (κ3) is 11.3. The first-order chi connectivity index (χ1) is 42.6. The molecule has 0 fully saturated rings. The summed E-state index contributed by atoms with van der Waals surface area (Å²) in [5.41, 5.74) is 8.34. The highest BCUT2D eigenvalue weighted by molar-refractivity contribution is 6.11. The van der Waals surface area contributed by atoms with Crippen molar-refractivity contribution in [3.8, 4) is 85.9 Å². The van der Waals surface area contributed by atoms with Gasteiger partial charge in [0.15, 0.2) is 34.5 Å². The molecule has 450 valence electrons. The number of ether oxygens (including phenoxy) is 9. The van der Waals surface area contributed by atoms with E-state index in [1.165, 1.54) is 70.2 Å². The van der Waals surface area contributed by atoms with E-state index in [1.54, 1.807) is 48.8 Å². The molecule has 0 aliphatic rings. The Hall–Kier alpha value is -11.2. The number of rotatable bonds is 18. The van der Waals surface area contributed by atoms with E-state index in [4.69, 9.17) is 42.6 Å². The van der Waals surface area contributed by atoms with Crippen LogP contribution in [0.2, 0.25) is 0 Å². The van der Waals surface area contributed by atoms with Crippen LogP contribution in [0.15, 0.2) is 146 Å². The number of hydrogen-bond donors (Lipinski definition) is 2. The molecule has 88 heavy (non-hydrogen) atoms. The van der Waals surface area contributed by atoms with Crippen LogP contribution in [0.5, 0.6) is 51.7 Å². The van der Waals surface area contributed by atoms with Gasteiger partial charge in [0.2, 0.25) is 34.6 Å². The molecule has 0 saturated heterocycles. The maximum Gasteiger partial charge on any atom is 0.213 e. The molecule has 6 heterocycles. The van der Waals surface area contributed by atoms with Crippen LogP contribution in [0.4, 0.5) is 0 Å². The number of carbonyl (C=O) groups excluding carboxylic acids is 3. The average molecular weight is 1190 g/mol. The van der Waals surface area contributed by atoms with Gasteiger partial charge in [-0.3, -0.25) is 14.4 Å². The molecule has 0 saturated carbocycles. The van der Waals surface area contributed by atoms with Crippen molar-refractivity contribution in [1.82, 2.24) is 43.2 Å². The highest BCUT2D eigenvalue weighted by atomic mass is 16.5. The molecular weight excluding hydrogens is 1120 g/mol. The zero-order chi connectivity index (χ0) is 62.5. The summed E-state index contributed by atoms with van der Waals surface area (Å²) >= 11 is 0. The van der Waals surface area contributed by atoms with Crippen LogP contribution < -0.4 is 42.6 Å². The number of H-pyrrole nitrogens is 2. The van der Waals surface area contributed by atoms with Crippen molar-refractivity contribution < 1.29 is 57.0 Å². The van der Waals surface area contributed by atoms with Gasteiger partial charge in [0.05, 0.1) is 70.2 Å². The van der Waals surface area contributed by atoms with Crippen molar-refractivity contribution >= 4 is 50.1 Å². The lowest BCUT2D eigenvalue weighted by molar-refractivity contribution is 0.102. The van der Waals surface area contributed by atoms with E-state index in [1.807, 2.05) is 104 Å². The van der Waals surface area contributed by atoms with Crippen molar-refractivity contribution in [2.24, 2.45) is 28.2 Å². The Morgan fingerprint density at radius 2 is 0.773 bits per heavy atom. The van der Waals surface area contributed by atoms with Crippen LogP contribution in [0.1, 0.15) is 48.2 Å². The largest absolute Gasteiger partial charge is 0.493 e. The Morgan fingerprint density at radius 1 is 0.409 bits per heavy atom. The van der Waals surface area contributed by atoms with Gasteiger partial charge in [-0.05, 0) is 54.6 Å². The number of nitrogens with zero attached hydrogens (tertiary/aromatic N) is 7. The fourth-order valence-corrected chi connectivity index (χ4v) is 10.6. The first-order valence-electron chi connectivity index (χ1n) is 27.4. The highest BCUT2D eigenvalue weighted by Gasteiger charge is 2.26. The number of para-hydroxylation sites is 3. The number of fused-ring (bicyclic) bond motifs is 3. The maximum atomic E-state index is 13.2. The number of ketones is 3. The molecule has 0 aliphatic heterocycles. The Bertz CT molecular complexity index is 4310. The van der Waals surface area contributed by atoms with E-state index >= 15 is 0 Å². The summed E-state index contributed by atoms with van der Waals surface area (Å²) in [5.74, 6) is 5.23. The van der Waals surface area contributed by atoms with Gasteiger partial charge in [-0.25, -0.2) is 15.0 Å². The highest BCUT2D eigenvalue weighted by Crippen LogP contribution is 2.42. The van der Waals surface area contributed by atoms with Gasteiger partial charge in [0.25, 0.3) is 0 Å². The van der Waals surface area contributed by atoms with Gasteiger partial charge in [0.1, 0.15) is 34.6 Å². The number of benzene rings is 6. The fourth-order valence-electron chi connectivity index (χ4n) is 10.6. The van der Waals surface area contributed by atoms with Crippen LogP contribution in [0.25, 0.3) is 66.9 Å². The third-order valence-corrected chi connectivity index (χ3v) is 14.9. The Labute approximate surface area is 506 Å². The van der Waals surface area contributed by atoms with Gasteiger partial charge in [0, 0.05) is 125 Å². The van der Waals surface area contributed by atoms with Crippen molar-refractivity contribution in [2.45, 2.75) is 0 Å². The molecule has 6 aromatic carbocycles. The zero-order valence-electron chi connectivity index (χ0n) is 50.9. The molecule has 0 atom stereocenters. The van der Waals surface area contributed by atoms with E-state index in [0.29, 0.717) is 91.3 Å². The first-order valence-corrected chi connectivity index (χ1v) is 27.4. The second-order valence-electron chi connectivity index (χ2n) is 20.1. The lowest BCUT2D eigenvalue weighted by Crippen LogP contribution is -2.04. The summed E-state index contributed by atoms with van der Waals surface area (Å²) in [7, 11) is 21.4. The molecule has 12 rings (SSSR count). The average Bonchev–Trinajstić information content (AvgIpc) is 3.58. The van der Waals surface area contributed by atoms with Crippen molar-refractivity contribution in [3.63, 3.8) is 0 Å². The lowest BCUT2D eigenvalue weighted by Gasteiger charge is -2.13. The van der Waals surface area contributed by atoms with Crippen LogP contribution >= 0.6 is 0 Å². The number of hydrogen-bond acceptors (Lipinski definition) is 15. The number of carbonyl (C=O) groups is 3. The molecule has 0 radical (unpaired) electrons. The quantitative estimate of drug-likeness (QED) is 0.0762. The fraction of sp³-hybridized carbons (Fsp3) is 0.194. The number of imidazole rings is 3. The molecule has 0 bridgehead atoms. The Balaban J connectivity index is 0.000000146. The second-order valence-corrected chi connectivity index (χ2v) is 20.1. The predicted octanol–water partition coefficient (Wildman–Crippen LogP) is 11.5. The third-order valence-electron chi connectivity index (χ3n) is 14.9. The van der Waals surface area contributed by atoms with Gasteiger partial charge in [-0.15, -0.1) is 0 Å². The molecule has 0 unspecified atom stereocenters. The molecule has 0 amide bonds. The molecule has 21 heteroatoms. The first kappa shape index (κ1) is 59.9. The predicted molar refractivity (Wildman–Crippen MR) is 335 cm³/mol. The normalized spacial score (nSPS) is 10.9. The summed E-state index contributed by atoms with van der Waals surface area (Å²) in [4.78, 5) is 59.5. The zero-order valence-corrected chi connectivity index (χ0v) is 50.9. The van der Waals surface area contributed by atoms with Gasteiger partial charge >= 0.3 is 0 Å². The van der Waals surface area contributed by atoms with E-state index in [9.17, 15) is 14.4 Å². The second kappa shape index (κ2) is 25.6. The molecule has 2 N–H and O–H groups in total. The standard InChI is InChI=1S/2C23H23N3O4.C21H19N3O4/c2*1-25-12-16(15-8-6-7-9-18(15)25)23-24-17(13-26(23)2)21(27)14-10-19(28-3)22(30-5)20(11-14)29-4;1-26-17-8-12(9-18(27-2)20(17)28-3)19(25)16-11-23-21(24-16)14-10-22-15-7-5-4-6-13(14)15/h2*6-13H,1-5H3;4-11,22H,1-3H3,(H,23,24). The number of methoxy groups -OCH3 is 9. The molecule has 21 nitrogen and oxygen atoms in total. The number of aryl methyl sites for hydroxylation is 4. The number of nitrogens with one attached hydrogen (secondary N) is 2. The van der Waals surface area contributed by atoms with E-state index in [0.717, 1.165) is 61.0 Å². The maximum absolute atomic E-state index is 13.2. The van der Waals surface area contributed by atoms with E-state index in [2.05, 4.69) is 58.3 Å². The molecular formula is C67H65N9O12. The number of aromatic amines is 2. The molecule has 6 aromatic heterocycles. The summed E-state index contributed by atoms with van der Waals surface area (Å²) < 4.78 is 56.0. The van der Waals surface area contributed by atoms with E-state index in [-0.39, 0.29) is 17.3 Å². The van der Waals surface area contributed by atoms with Gasteiger partial charge in [-0.1, -0.05) is 54.6 Å². The molecule has 0 aliphatic carbocycles. The minimum Gasteiger partial charge on any atom is -0.493 e. The monoisotopic (exact) mass is 1190 g/mol. The number of aromatic nitrogens is 9. The Kier molecular flexibility index (Phi) is 17.4. The summed E-state index contributed by atoms with van der Waals surface area (Å²) in [5, 5.41) is 3.20. The lowest BCUT2D eigenvalue weighted by atomic mass is 10.1. The topological polar surface area (TPSA) is 224 Å². The smallest absolute Gasteiger partial charge is 0.213 e. The summed E-state index contributed by atoms with van der Waals surface area (Å²) in [6.45, 7) is 0. The van der Waals surface area contributed by atoms with Crippen LogP contribution in [0, 0.1) is 0 Å². The van der Waals surface area contributed by atoms with Crippen molar-refractivity contribution in [3.05, 3.63) is 180 Å². The van der Waals surface area contributed by atoms with Crippen LogP contribution in [-0.4, -0.2) is 125 Å². The van der Waals surface area contributed by atoms with Crippen molar-refractivity contribution in [2.75, 3.05) is 64.0 Å². The van der Waals surface area contributed by atoms with Gasteiger partial charge < -0.3 is 70.9 Å². The minimum atomic E-state index is -0.226. The Morgan fingerprint density at radius 3 is 1.16 bits per heavy atom. The molecule has 0 spiro atoms. The van der Waals surface area contributed by atoms with Crippen molar-refractivity contribution in [1.29, 1.82) is 0 Å². The summed E-state index contributed by atoms with van der Waals surface area (Å²) in [6, 6.07) is 33.9. The SMILES string of the molecule is COc1cc(C(=O)c2cn(C)c(-c3cn(C)c4ccccc34)n2)cc(OC)c1OC.COc1cc(C(=O)c2cn(C)c(-c3cn(C)c4ccccc34)n2)cc(OC)c1OC.COc1cc(C(=O)c2cnc(-c3c[nH]c4ccccc34)[nH]2)cc(OC)c1OC. The van der Waals surface area contributed by atoms with Crippen LogP contribution in [-0.2, 0) is 28.2 Å².